The number of methoxy groups -OCH3 is 1. The molecule has 2 rings (SSSR count). The van der Waals surface area contributed by atoms with Crippen LogP contribution in [0.5, 0.6) is 0 Å². The lowest BCUT2D eigenvalue weighted by Crippen LogP contribution is -2.44. The largest absolute Gasteiger partial charge is 0.379 e. The zero-order chi connectivity index (χ0) is 11.9. The van der Waals surface area contributed by atoms with Gasteiger partial charge in [0.05, 0.1) is 6.10 Å². The van der Waals surface area contributed by atoms with Crippen LogP contribution in [-0.2, 0) is 4.74 Å². The average molecular weight is 240 g/mol. The third-order valence-electron chi connectivity index (χ3n) is 4.15. The van der Waals surface area contributed by atoms with Crippen molar-refractivity contribution < 1.29 is 4.74 Å². The standard InChI is InChI=1S/C14H28N2O/c1-17-14(12-15-8-4-2-5-9-15)13-16-10-6-3-7-11-16/h14H,2-13H2,1H3. The first-order chi connectivity index (χ1) is 8.38. The third-order valence-corrected chi connectivity index (χ3v) is 4.15. The van der Waals surface area contributed by atoms with Crippen LogP contribution in [0, 0.1) is 0 Å². The van der Waals surface area contributed by atoms with Gasteiger partial charge in [0.15, 0.2) is 0 Å². The van der Waals surface area contributed by atoms with Gasteiger partial charge in [-0.15, -0.1) is 0 Å². The minimum Gasteiger partial charge on any atom is -0.379 e. The fraction of sp³-hybridized carbons (Fsp3) is 1.00. The third kappa shape index (κ3) is 4.57. The predicted octanol–water partition coefficient (Wildman–Crippen LogP) is 1.97. The highest BCUT2D eigenvalue weighted by Crippen LogP contribution is 2.13. The Morgan fingerprint density at radius 3 is 1.53 bits per heavy atom. The van der Waals surface area contributed by atoms with Crippen LogP contribution >= 0.6 is 0 Å². The smallest absolute Gasteiger partial charge is 0.0824 e. The molecular formula is C14H28N2O. The highest BCUT2D eigenvalue weighted by Gasteiger charge is 2.19. The van der Waals surface area contributed by atoms with E-state index in [0.717, 1.165) is 13.1 Å². The van der Waals surface area contributed by atoms with E-state index in [-0.39, 0.29) is 0 Å². The lowest BCUT2D eigenvalue weighted by atomic mass is 10.1. The summed E-state index contributed by atoms with van der Waals surface area (Å²) in [4.78, 5) is 5.17. The summed E-state index contributed by atoms with van der Waals surface area (Å²) in [5, 5.41) is 0. The number of rotatable bonds is 5. The maximum atomic E-state index is 5.67. The molecule has 0 aromatic heterocycles. The van der Waals surface area contributed by atoms with E-state index in [9.17, 15) is 0 Å². The number of hydrogen-bond donors (Lipinski definition) is 0. The van der Waals surface area contributed by atoms with Gasteiger partial charge in [0.1, 0.15) is 0 Å². The maximum absolute atomic E-state index is 5.67. The Morgan fingerprint density at radius 2 is 1.18 bits per heavy atom. The number of ether oxygens (including phenoxy) is 1. The predicted molar refractivity (Wildman–Crippen MR) is 71.4 cm³/mol. The van der Waals surface area contributed by atoms with Crippen molar-refractivity contribution in [2.75, 3.05) is 46.4 Å². The van der Waals surface area contributed by atoms with E-state index < -0.39 is 0 Å². The summed E-state index contributed by atoms with van der Waals surface area (Å²) in [5.74, 6) is 0. The number of nitrogens with zero attached hydrogens (tertiary/aromatic N) is 2. The molecule has 0 radical (unpaired) electrons. The Balaban J connectivity index is 1.71. The molecule has 2 saturated heterocycles. The van der Waals surface area contributed by atoms with E-state index in [1.54, 1.807) is 0 Å². The molecule has 2 aliphatic heterocycles. The van der Waals surface area contributed by atoms with Crippen LogP contribution in [0.1, 0.15) is 38.5 Å². The fourth-order valence-corrected chi connectivity index (χ4v) is 3.07. The van der Waals surface area contributed by atoms with Crippen molar-refractivity contribution in [3.05, 3.63) is 0 Å². The van der Waals surface area contributed by atoms with Gasteiger partial charge >= 0.3 is 0 Å². The van der Waals surface area contributed by atoms with Crippen LogP contribution in [0.4, 0.5) is 0 Å². The average Bonchev–Trinajstić information content (AvgIpc) is 2.40. The van der Waals surface area contributed by atoms with Crippen LogP contribution in [-0.4, -0.2) is 62.3 Å². The molecule has 0 aliphatic carbocycles. The molecule has 0 spiro atoms. The quantitative estimate of drug-likeness (QED) is 0.731. The Kier molecular flexibility index (Phi) is 5.75. The fourth-order valence-electron chi connectivity index (χ4n) is 3.07. The van der Waals surface area contributed by atoms with E-state index in [2.05, 4.69) is 9.80 Å². The summed E-state index contributed by atoms with van der Waals surface area (Å²) >= 11 is 0. The second-order valence-corrected chi connectivity index (χ2v) is 5.58. The van der Waals surface area contributed by atoms with Gasteiger partial charge in [-0.3, -0.25) is 0 Å². The molecule has 0 N–H and O–H groups in total. The molecule has 17 heavy (non-hydrogen) atoms. The van der Waals surface area contributed by atoms with Crippen molar-refractivity contribution in [1.29, 1.82) is 0 Å². The van der Waals surface area contributed by atoms with Gasteiger partial charge in [-0.05, 0) is 51.9 Å². The molecular weight excluding hydrogens is 212 g/mol. The van der Waals surface area contributed by atoms with Crippen LogP contribution in [0.2, 0.25) is 0 Å². The Bertz CT molecular complexity index is 178. The maximum Gasteiger partial charge on any atom is 0.0824 e. The summed E-state index contributed by atoms with van der Waals surface area (Å²) < 4.78 is 5.67. The molecule has 0 saturated carbocycles. The van der Waals surface area contributed by atoms with E-state index in [1.165, 1.54) is 64.7 Å². The monoisotopic (exact) mass is 240 g/mol. The van der Waals surface area contributed by atoms with Gasteiger partial charge in [-0.25, -0.2) is 0 Å². The molecule has 2 aliphatic rings. The van der Waals surface area contributed by atoms with Crippen molar-refractivity contribution in [3.8, 4) is 0 Å². The first kappa shape index (κ1) is 13.3. The lowest BCUT2D eigenvalue weighted by molar-refractivity contribution is 0.0264. The van der Waals surface area contributed by atoms with Crippen molar-refractivity contribution in [1.82, 2.24) is 9.80 Å². The van der Waals surface area contributed by atoms with Crippen LogP contribution in [0.15, 0.2) is 0 Å². The molecule has 0 aromatic carbocycles. The molecule has 0 bridgehead atoms. The first-order valence-corrected chi connectivity index (χ1v) is 7.36. The van der Waals surface area contributed by atoms with Crippen molar-refractivity contribution in [2.45, 2.75) is 44.6 Å². The minimum absolute atomic E-state index is 0.409. The van der Waals surface area contributed by atoms with Gasteiger partial charge in [0.25, 0.3) is 0 Å². The Labute approximate surface area is 106 Å². The van der Waals surface area contributed by atoms with E-state index in [0.29, 0.717) is 6.10 Å². The molecule has 0 unspecified atom stereocenters. The molecule has 2 fully saturated rings. The highest BCUT2D eigenvalue weighted by molar-refractivity contribution is 4.74. The summed E-state index contributed by atoms with van der Waals surface area (Å²) in [5.41, 5.74) is 0. The zero-order valence-corrected chi connectivity index (χ0v) is 11.4. The van der Waals surface area contributed by atoms with Crippen LogP contribution in [0.25, 0.3) is 0 Å². The van der Waals surface area contributed by atoms with Crippen molar-refractivity contribution >= 4 is 0 Å². The van der Waals surface area contributed by atoms with E-state index >= 15 is 0 Å². The molecule has 0 atom stereocenters. The van der Waals surface area contributed by atoms with Crippen molar-refractivity contribution in [2.24, 2.45) is 0 Å². The second-order valence-electron chi connectivity index (χ2n) is 5.58. The normalized spacial score (nSPS) is 24.4. The Morgan fingerprint density at radius 1 is 0.765 bits per heavy atom. The van der Waals surface area contributed by atoms with Crippen LogP contribution < -0.4 is 0 Å². The molecule has 3 heteroatoms. The SMILES string of the molecule is COC(CN1CCCCC1)CN1CCCCC1. The van der Waals surface area contributed by atoms with Gasteiger partial charge in [-0.1, -0.05) is 12.8 Å². The number of hydrogen-bond acceptors (Lipinski definition) is 3. The molecule has 0 amide bonds. The van der Waals surface area contributed by atoms with E-state index in [4.69, 9.17) is 4.74 Å². The summed E-state index contributed by atoms with van der Waals surface area (Å²) in [6.45, 7) is 7.37. The lowest BCUT2D eigenvalue weighted by Gasteiger charge is -2.34. The van der Waals surface area contributed by atoms with Gasteiger partial charge in [0, 0.05) is 20.2 Å². The van der Waals surface area contributed by atoms with Gasteiger partial charge < -0.3 is 14.5 Å². The van der Waals surface area contributed by atoms with Crippen LogP contribution in [0.3, 0.4) is 0 Å². The number of likely N-dealkylation sites (tertiary alicyclic amines) is 2. The molecule has 3 nitrogen and oxygen atoms in total. The van der Waals surface area contributed by atoms with Gasteiger partial charge in [-0.2, -0.15) is 0 Å². The van der Waals surface area contributed by atoms with Crippen molar-refractivity contribution in [3.63, 3.8) is 0 Å². The molecule has 2 heterocycles. The summed E-state index contributed by atoms with van der Waals surface area (Å²) in [6, 6.07) is 0. The topological polar surface area (TPSA) is 15.7 Å². The Hall–Kier alpha value is -0.120. The summed E-state index contributed by atoms with van der Waals surface area (Å²) in [6.07, 6.45) is 8.74. The van der Waals surface area contributed by atoms with Gasteiger partial charge in [0.2, 0.25) is 0 Å². The van der Waals surface area contributed by atoms with E-state index in [1.807, 2.05) is 7.11 Å². The first-order valence-electron chi connectivity index (χ1n) is 7.36. The summed E-state index contributed by atoms with van der Waals surface area (Å²) in [7, 11) is 1.87. The minimum atomic E-state index is 0.409. The second kappa shape index (κ2) is 7.34. The zero-order valence-electron chi connectivity index (χ0n) is 11.4. The highest BCUT2D eigenvalue weighted by atomic mass is 16.5. The molecule has 100 valence electrons. The number of piperidine rings is 2. The molecule has 0 aromatic rings.